The topological polar surface area (TPSA) is 78.9 Å². The molecule has 130 valence electrons. The quantitative estimate of drug-likeness (QED) is 0.877. The van der Waals surface area contributed by atoms with Gasteiger partial charge in [0, 0.05) is 24.7 Å². The van der Waals surface area contributed by atoms with E-state index < -0.39 is 5.92 Å². The zero-order chi connectivity index (χ0) is 17.8. The van der Waals surface area contributed by atoms with Crippen LogP contribution in [0.3, 0.4) is 0 Å². The van der Waals surface area contributed by atoms with Crippen molar-refractivity contribution in [1.82, 2.24) is 0 Å². The molecule has 1 heterocycles. The summed E-state index contributed by atoms with van der Waals surface area (Å²) in [5.74, 6) is -0.0944. The van der Waals surface area contributed by atoms with Crippen molar-refractivity contribution in [3.05, 3.63) is 48.5 Å². The van der Waals surface area contributed by atoms with Crippen molar-refractivity contribution in [2.75, 3.05) is 23.4 Å². The molecule has 1 atom stereocenters. The molecule has 3 rings (SSSR count). The van der Waals surface area contributed by atoms with E-state index in [2.05, 4.69) is 5.32 Å². The number of phenols is 1. The molecular formula is C19H20N2O4. The Morgan fingerprint density at radius 2 is 2.08 bits per heavy atom. The Morgan fingerprint density at radius 1 is 1.28 bits per heavy atom. The summed E-state index contributed by atoms with van der Waals surface area (Å²) in [4.78, 5) is 26.5. The molecule has 0 aromatic heterocycles. The predicted molar refractivity (Wildman–Crippen MR) is 94.8 cm³/mol. The molecular weight excluding hydrogens is 320 g/mol. The molecule has 0 radical (unpaired) electrons. The second-order valence-electron chi connectivity index (χ2n) is 5.85. The van der Waals surface area contributed by atoms with Crippen LogP contribution in [0.5, 0.6) is 11.5 Å². The number of rotatable bonds is 5. The van der Waals surface area contributed by atoms with Gasteiger partial charge in [0.05, 0.1) is 18.2 Å². The van der Waals surface area contributed by atoms with Crippen LogP contribution < -0.4 is 15.0 Å². The number of ether oxygens (including phenoxy) is 1. The normalized spacial score (nSPS) is 16.8. The maximum Gasteiger partial charge on any atom is 0.229 e. The van der Waals surface area contributed by atoms with E-state index in [-0.39, 0.29) is 24.0 Å². The van der Waals surface area contributed by atoms with Gasteiger partial charge >= 0.3 is 0 Å². The van der Waals surface area contributed by atoms with Gasteiger partial charge in [0.25, 0.3) is 0 Å². The van der Waals surface area contributed by atoms with Crippen LogP contribution in [0.2, 0.25) is 0 Å². The summed E-state index contributed by atoms with van der Waals surface area (Å²) in [5, 5.41) is 12.2. The monoisotopic (exact) mass is 340 g/mol. The zero-order valence-electron chi connectivity index (χ0n) is 13.9. The largest absolute Gasteiger partial charge is 0.508 e. The second-order valence-corrected chi connectivity index (χ2v) is 5.85. The van der Waals surface area contributed by atoms with Crippen molar-refractivity contribution in [3.63, 3.8) is 0 Å². The van der Waals surface area contributed by atoms with E-state index in [1.54, 1.807) is 17.0 Å². The first kappa shape index (κ1) is 16.8. The summed E-state index contributed by atoms with van der Waals surface area (Å²) in [5.41, 5.74) is 1.19. The Morgan fingerprint density at radius 3 is 2.84 bits per heavy atom. The fraction of sp³-hybridized carbons (Fsp3) is 0.263. The Bertz CT molecular complexity index is 790. The van der Waals surface area contributed by atoms with E-state index in [9.17, 15) is 14.7 Å². The SMILES string of the molecule is CCOc1ccccc1N1CC(C(=O)Nc2cccc(O)c2)CC1=O. The summed E-state index contributed by atoms with van der Waals surface area (Å²) in [6, 6.07) is 13.7. The summed E-state index contributed by atoms with van der Waals surface area (Å²) in [6.45, 7) is 2.68. The fourth-order valence-corrected chi connectivity index (χ4v) is 2.90. The van der Waals surface area contributed by atoms with Gasteiger partial charge < -0.3 is 20.1 Å². The molecule has 2 amide bonds. The second kappa shape index (κ2) is 7.25. The number of nitrogens with zero attached hydrogens (tertiary/aromatic N) is 1. The number of carbonyl (C=O) groups excluding carboxylic acids is 2. The van der Waals surface area contributed by atoms with Crippen LogP contribution in [-0.2, 0) is 9.59 Å². The number of hydrogen-bond acceptors (Lipinski definition) is 4. The van der Waals surface area contributed by atoms with E-state index in [0.717, 1.165) is 0 Å². The zero-order valence-corrected chi connectivity index (χ0v) is 13.9. The van der Waals surface area contributed by atoms with Crippen LogP contribution in [0.25, 0.3) is 0 Å². The molecule has 6 nitrogen and oxygen atoms in total. The van der Waals surface area contributed by atoms with Crippen LogP contribution >= 0.6 is 0 Å². The number of hydrogen-bond donors (Lipinski definition) is 2. The number of nitrogens with one attached hydrogen (secondary N) is 1. The number of benzene rings is 2. The lowest BCUT2D eigenvalue weighted by Gasteiger charge is -2.20. The highest BCUT2D eigenvalue weighted by Crippen LogP contribution is 2.33. The summed E-state index contributed by atoms with van der Waals surface area (Å²) in [6.07, 6.45) is 0.144. The van der Waals surface area contributed by atoms with Crippen molar-refractivity contribution in [2.24, 2.45) is 5.92 Å². The first-order valence-electron chi connectivity index (χ1n) is 8.20. The molecule has 25 heavy (non-hydrogen) atoms. The number of carbonyl (C=O) groups is 2. The van der Waals surface area contributed by atoms with Crippen LogP contribution in [0.1, 0.15) is 13.3 Å². The molecule has 2 N–H and O–H groups in total. The summed E-state index contributed by atoms with van der Waals surface area (Å²) >= 11 is 0. The van der Waals surface area contributed by atoms with Crippen molar-refractivity contribution in [2.45, 2.75) is 13.3 Å². The molecule has 0 bridgehead atoms. The third-order valence-electron chi connectivity index (χ3n) is 4.07. The van der Waals surface area contributed by atoms with Gasteiger partial charge in [-0.3, -0.25) is 9.59 Å². The lowest BCUT2D eigenvalue weighted by molar-refractivity contribution is -0.122. The van der Waals surface area contributed by atoms with Gasteiger partial charge in [-0.25, -0.2) is 0 Å². The fourth-order valence-electron chi connectivity index (χ4n) is 2.90. The summed E-state index contributed by atoms with van der Waals surface area (Å²) in [7, 11) is 0. The van der Waals surface area contributed by atoms with E-state index in [1.807, 2.05) is 31.2 Å². The van der Waals surface area contributed by atoms with E-state index >= 15 is 0 Å². The highest BCUT2D eigenvalue weighted by atomic mass is 16.5. The number of phenolic OH excluding ortho intramolecular Hbond substituents is 1. The van der Waals surface area contributed by atoms with E-state index in [0.29, 0.717) is 30.3 Å². The molecule has 0 spiro atoms. The molecule has 0 saturated carbocycles. The molecule has 1 aliphatic rings. The van der Waals surface area contributed by atoms with E-state index in [4.69, 9.17) is 4.74 Å². The van der Waals surface area contributed by atoms with Crippen LogP contribution in [0.15, 0.2) is 48.5 Å². The maximum atomic E-state index is 12.5. The van der Waals surface area contributed by atoms with Crippen molar-refractivity contribution in [1.29, 1.82) is 0 Å². The van der Waals surface area contributed by atoms with Gasteiger partial charge in [-0.2, -0.15) is 0 Å². The van der Waals surface area contributed by atoms with Gasteiger partial charge in [0.15, 0.2) is 0 Å². The smallest absolute Gasteiger partial charge is 0.229 e. The Balaban J connectivity index is 1.73. The molecule has 1 unspecified atom stereocenters. The number of anilines is 2. The minimum Gasteiger partial charge on any atom is -0.508 e. The Hall–Kier alpha value is -3.02. The molecule has 2 aromatic rings. The minimum absolute atomic E-state index is 0.0765. The van der Waals surface area contributed by atoms with Gasteiger partial charge in [-0.15, -0.1) is 0 Å². The van der Waals surface area contributed by atoms with Crippen LogP contribution in [0.4, 0.5) is 11.4 Å². The maximum absolute atomic E-state index is 12.5. The van der Waals surface area contributed by atoms with E-state index in [1.165, 1.54) is 12.1 Å². The van der Waals surface area contributed by atoms with Crippen LogP contribution in [-0.4, -0.2) is 30.1 Å². The van der Waals surface area contributed by atoms with Crippen molar-refractivity contribution < 1.29 is 19.4 Å². The van der Waals surface area contributed by atoms with Crippen molar-refractivity contribution in [3.8, 4) is 11.5 Å². The lowest BCUT2D eigenvalue weighted by Crippen LogP contribution is -2.28. The lowest BCUT2D eigenvalue weighted by atomic mass is 10.1. The minimum atomic E-state index is -0.454. The molecule has 1 aliphatic heterocycles. The van der Waals surface area contributed by atoms with Gasteiger partial charge in [-0.1, -0.05) is 18.2 Å². The molecule has 6 heteroatoms. The van der Waals surface area contributed by atoms with Gasteiger partial charge in [0.2, 0.25) is 11.8 Å². The Labute approximate surface area is 146 Å². The highest BCUT2D eigenvalue weighted by Gasteiger charge is 2.36. The third kappa shape index (κ3) is 3.74. The number of amides is 2. The molecule has 1 saturated heterocycles. The highest BCUT2D eigenvalue weighted by molar-refractivity contribution is 6.04. The van der Waals surface area contributed by atoms with Crippen LogP contribution in [0, 0.1) is 5.92 Å². The predicted octanol–water partition coefficient (Wildman–Crippen LogP) is 2.78. The molecule has 1 fully saturated rings. The first-order chi connectivity index (χ1) is 12.1. The number of para-hydroxylation sites is 2. The number of aromatic hydroxyl groups is 1. The average molecular weight is 340 g/mol. The van der Waals surface area contributed by atoms with Crippen molar-refractivity contribution >= 4 is 23.2 Å². The first-order valence-corrected chi connectivity index (χ1v) is 8.20. The third-order valence-corrected chi connectivity index (χ3v) is 4.07. The average Bonchev–Trinajstić information content (AvgIpc) is 2.97. The standard InChI is InChI=1S/C19H20N2O4/c1-2-25-17-9-4-3-8-16(17)21-12-13(10-18(21)23)19(24)20-14-6-5-7-15(22)11-14/h3-9,11,13,22H,2,10,12H2,1H3,(H,20,24). The summed E-state index contributed by atoms with van der Waals surface area (Å²) < 4.78 is 5.58. The Kier molecular flexibility index (Phi) is 4.88. The molecule has 2 aromatic carbocycles. The van der Waals surface area contributed by atoms with Gasteiger partial charge in [0.1, 0.15) is 11.5 Å². The molecule has 0 aliphatic carbocycles. The van der Waals surface area contributed by atoms with Gasteiger partial charge in [-0.05, 0) is 31.2 Å².